The van der Waals surface area contributed by atoms with Crippen LogP contribution in [0.1, 0.15) is 16.8 Å². The van der Waals surface area contributed by atoms with Crippen molar-refractivity contribution in [3.63, 3.8) is 0 Å². The third-order valence-electron chi connectivity index (χ3n) is 1.59. The molecule has 0 unspecified atom stereocenters. The highest BCUT2D eigenvalue weighted by atomic mass is 79.9. The van der Waals surface area contributed by atoms with Crippen molar-refractivity contribution < 1.29 is 9.90 Å². The molecule has 1 N–H and O–H groups in total. The molecular weight excluding hydrogens is 255 g/mol. The minimum Gasteiger partial charge on any atom is -0.507 e. The number of benzene rings is 1. The van der Waals surface area contributed by atoms with E-state index >= 15 is 0 Å². The molecular formula is C9H8BrClO2. The van der Waals surface area contributed by atoms with Crippen LogP contribution in [0.25, 0.3) is 0 Å². The Kier molecular flexibility index (Phi) is 3.75. The summed E-state index contributed by atoms with van der Waals surface area (Å²) in [6, 6.07) is 4.64. The van der Waals surface area contributed by atoms with Crippen LogP contribution in [0, 0.1) is 0 Å². The van der Waals surface area contributed by atoms with Crippen LogP contribution in [0.3, 0.4) is 0 Å². The molecule has 0 fully saturated rings. The van der Waals surface area contributed by atoms with E-state index in [4.69, 9.17) is 11.6 Å². The number of rotatable bonds is 3. The quantitative estimate of drug-likeness (QED) is 0.672. The Hall–Kier alpha value is -0.540. The molecule has 0 saturated carbocycles. The van der Waals surface area contributed by atoms with Crippen molar-refractivity contribution in [1.82, 2.24) is 0 Å². The van der Waals surface area contributed by atoms with Gasteiger partial charge in [0.05, 0.1) is 4.47 Å². The van der Waals surface area contributed by atoms with E-state index in [1.54, 1.807) is 12.1 Å². The fraction of sp³-hybridized carbons (Fsp3) is 0.222. The van der Waals surface area contributed by atoms with Crippen LogP contribution in [-0.4, -0.2) is 16.8 Å². The maximum atomic E-state index is 11.3. The second-order valence-corrected chi connectivity index (χ2v) is 3.76. The summed E-state index contributed by atoms with van der Waals surface area (Å²) in [5.74, 6) is 0.426. The van der Waals surface area contributed by atoms with Gasteiger partial charge in [0.25, 0.3) is 0 Å². The lowest BCUT2D eigenvalue weighted by molar-refractivity contribution is 0.0989. The van der Waals surface area contributed by atoms with Gasteiger partial charge in [-0.1, -0.05) is 0 Å². The first-order chi connectivity index (χ1) is 6.15. The molecule has 0 amide bonds. The second-order valence-electron chi connectivity index (χ2n) is 2.53. The molecule has 0 aromatic heterocycles. The monoisotopic (exact) mass is 262 g/mol. The number of halogens is 2. The number of aromatic hydroxyl groups is 1. The van der Waals surface area contributed by atoms with E-state index in [1.165, 1.54) is 6.07 Å². The van der Waals surface area contributed by atoms with Gasteiger partial charge in [-0.15, -0.1) is 11.6 Å². The van der Waals surface area contributed by atoms with Gasteiger partial charge < -0.3 is 5.11 Å². The highest BCUT2D eigenvalue weighted by molar-refractivity contribution is 9.10. The predicted molar refractivity (Wildman–Crippen MR) is 55.5 cm³/mol. The topological polar surface area (TPSA) is 37.3 Å². The van der Waals surface area contributed by atoms with Crippen LogP contribution >= 0.6 is 27.5 Å². The van der Waals surface area contributed by atoms with Crippen molar-refractivity contribution in [2.75, 3.05) is 5.88 Å². The lowest BCUT2D eigenvalue weighted by Crippen LogP contribution is -1.99. The average Bonchev–Trinajstić information content (AvgIpc) is 2.10. The van der Waals surface area contributed by atoms with Crippen molar-refractivity contribution in [1.29, 1.82) is 0 Å². The Labute approximate surface area is 89.7 Å². The summed E-state index contributed by atoms with van der Waals surface area (Å²) in [5.41, 5.74) is 0.560. The van der Waals surface area contributed by atoms with Crippen molar-refractivity contribution >= 4 is 33.3 Å². The Morgan fingerprint density at radius 2 is 2.23 bits per heavy atom. The largest absolute Gasteiger partial charge is 0.507 e. The van der Waals surface area contributed by atoms with Crippen LogP contribution in [0.15, 0.2) is 22.7 Å². The zero-order valence-electron chi connectivity index (χ0n) is 6.76. The van der Waals surface area contributed by atoms with E-state index in [0.29, 0.717) is 22.3 Å². The first kappa shape index (κ1) is 10.5. The molecule has 0 spiro atoms. The molecule has 1 aromatic carbocycles. The smallest absolute Gasteiger partial charge is 0.164 e. The number of alkyl halides is 1. The summed E-state index contributed by atoms with van der Waals surface area (Å²) in [6.45, 7) is 0. The predicted octanol–water partition coefficient (Wildman–Crippen LogP) is 2.97. The maximum Gasteiger partial charge on any atom is 0.164 e. The van der Waals surface area contributed by atoms with E-state index in [-0.39, 0.29) is 11.5 Å². The SMILES string of the molecule is O=C(CCCl)c1ccc(O)c(Br)c1. The van der Waals surface area contributed by atoms with Crippen LogP contribution in [0.5, 0.6) is 5.75 Å². The van der Waals surface area contributed by atoms with E-state index in [1.807, 2.05) is 0 Å². The molecule has 0 heterocycles. The third-order valence-corrected chi connectivity index (χ3v) is 2.42. The Balaban J connectivity index is 2.90. The van der Waals surface area contributed by atoms with Gasteiger partial charge in [-0.3, -0.25) is 4.79 Å². The summed E-state index contributed by atoms with van der Waals surface area (Å²) in [5, 5.41) is 9.17. The molecule has 0 aliphatic rings. The Morgan fingerprint density at radius 1 is 1.54 bits per heavy atom. The number of carbonyl (C=O) groups excluding carboxylic acids is 1. The van der Waals surface area contributed by atoms with Crippen LogP contribution in [-0.2, 0) is 0 Å². The molecule has 2 nitrogen and oxygen atoms in total. The first-order valence-corrected chi connectivity index (χ1v) is 5.05. The highest BCUT2D eigenvalue weighted by Gasteiger charge is 2.06. The number of phenolic OH excluding ortho intramolecular Hbond substituents is 1. The molecule has 0 aliphatic carbocycles. The summed E-state index contributed by atoms with van der Waals surface area (Å²) in [7, 11) is 0. The van der Waals surface area contributed by atoms with Crippen molar-refractivity contribution in [2.24, 2.45) is 0 Å². The fourth-order valence-corrected chi connectivity index (χ4v) is 1.46. The van der Waals surface area contributed by atoms with Gasteiger partial charge in [-0.05, 0) is 34.1 Å². The number of Topliss-reactive ketones (excluding diaryl/α,β-unsaturated/α-hetero) is 1. The van der Waals surface area contributed by atoms with Gasteiger partial charge in [0.15, 0.2) is 5.78 Å². The molecule has 0 radical (unpaired) electrons. The fourth-order valence-electron chi connectivity index (χ4n) is 0.911. The van der Waals surface area contributed by atoms with E-state index in [9.17, 15) is 9.90 Å². The van der Waals surface area contributed by atoms with E-state index in [0.717, 1.165) is 0 Å². The standard InChI is InChI=1S/C9H8BrClO2/c10-7-5-6(1-2-9(7)13)8(12)3-4-11/h1-2,5,13H,3-4H2. The molecule has 0 aliphatic heterocycles. The molecule has 70 valence electrons. The number of hydrogen-bond donors (Lipinski definition) is 1. The van der Waals surface area contributed by atoms with E-state index in [2.05, 4.69) is 15.9 Å². The highest BCUT2D eigenvalue weighted by Crippen LogP contribution is 2.24. The lowest BCUT2D eigenvalue weighted by Gasteiger charge is -2.00. The normalized spacial score (nSPS) is 10.0. The summed E-state index contributed by atoms with van der Waals surface area (Å²) >= 11 is 8.57. The Morgan fingerprint density at radius 3 is 2.77 bits per heavy atom. The van der Waals surface area contributed by atoms with Gasteiger partial charge in [0, 0.05) is 17.9 Å². The van der Waals surface area contributed by atoms with Crippen molar-refractivity contribution in [3.05, 3.63) is 28.2 Å². The number of carbonyl (C=O) groups is 1. The molecule has 0 bridgehead atoms. The minimum atomic E-state index is -0.0179. The number of hydrogen-bond acceptors (Lipinski definition) is 2. The molecule has 13 heavy (non-hydrogen) atoms. The van der Waals surface area contributed by atoms with Crippen molar-refractivity contribution in [2.45, 2.75) is 6.42 Å². The van der Waals surface area contributed by atoms with Gasteiger partial charge in [0.1, 0.15) is 5.75 Å². The van der Waals surface area contributed by atoms with Crippen LogP contribution in [0.2, 0.25) is 0 Å². The molecule has 1 aromatic rings. The zero-order valence-corrected chi connectivity index (χ0v) is 9.10. The zero-order chi connectivity index (χ0) is 9.84. The number of ketones is 1. The van der Waals surface area contributed by atoms with Gasteiger partial charge in [-0.2, -0.15) is 0 Å². The third kappa shape index (κ3) is 2.71. The summed E-state index contributed by atoms with van der Waals surface area (Å²) in [6.07, 6.45) is 0.318. The second kappa shape index (κ2) is 4.63. The van der Waals surface area contributed by atoms with Gasteiger partial charge >= 0.3 is 0 Å². The lowest BCUT2D eigenvalue weighted by atomic mass is 10.1. The van der Waals surface area contributed by atoms with Gasteiger partial charge in [0.2, 0.25) is 0 Å². The molecule has 0 saturated heterocycles. The van der Waals surface area contributed by atoms with Crippen LogP contribution in [0.4, 0.5) is 0 Å². The maximum absolute atomic E-state index is 11.3. The molecule has 4 heteroatoms. The molecule has 0 atom stereocenters. The van der Waals surface area contributed by atoms with Crippen molar-refractivity contribution in [3.8, 4) is 5.75 Å². The number of phenols is 1. The van der Waals surface area contributed by atoms with Crippen LogP contribution < -0.4 is 0 Å². The van der Waals surface area contributed by atoms with E-state index < -0.39 is 0 Å². The average molecular weight is 264 g/mol. The summed E-state index contributed by atoms with van der Waals surface area (Å²) in [4.78, 5) is 11.3. The molecule has 1 rings (SSSR count). The summed E-state index contributed by atoms with van der Waals surface area (Å²) < 4.78 is 0.521. The first-order valence-electron chi connectivity index (χ1n) is 3.73. The Bertz CT molecular complexity index is 325. The minimum absolute atomic E-state index is 0.0179. The van der Waals surface area contributed by atoms with Gasteiger partial charge in [-0.25, -0.2) is 0 Å².